The summed E-state index contributed by atoms with van der Waals surface area (Å²) in [5.41, 5.74) is 0. The maximum atomic E-state index is 10.2. The Kier molecular flexibility index (Phi) is 4.02. The number of alkyl halides is 6. The standard InChI is InChI=1S/C8H8Cl6O4/c9-7(10,11)3-1-5(15)6(16,17-3)2-4(18-5)8(12,13)14/h3-4,15-16H,1-2H2/t3-,4+,5-,6+. The zero-order valence-electron chi connectivity index (χ0n) is 8.55. The van der Waals surface area contributed by atoms with Crippen LogP contribution in [0.5, 0.6) is 0 Å². The Bertz CT molecular complexity index is 304. The van der Waals surface area contributed by atoms with Crippen molar-refractivity contribution in [1.29, 1.82) is 0 Å². The molecule has 2 heterocycles. The molecule has 0 aromatic heterocycles. The fraction of sp³-hybridized carbons (Fsp3) is 1.00. The molecular formula is C8H8Cl6O4. The molecule has 10 heteroatoms. The number of rotatable bonds is 0. The van der Waals surface area contributed by atoms with E-state index < -0.39 is 31.4 Å². The van der Waals surface area contributed by atoms with Crippen LogP contribution >= 0.6 is 69.6 Å². The van der Waals surface area contributed by atoms with Crippen LogP contribution < -0.4 is 0 Å². The third-order valence-corrected chi connectivity index (χ3v) is 4.40. The number of hydrogen-bond donors (Lipinski definition) is 2. The molecule has 2 aliphatic rings. The average molecular weight is 381 g/mol. The van der Waals surface area contributed by atoms with E-state index in [1.165, 1.54) is 0 Å². The van der Waals surface area contributed by atoms with Crippen molar-refractivity contribution in [2.24, 2.45) is 0 Å². The van der Waals surface area contributed by atoms with Gasteiger partial charge in [-0.25, -0.2) is 0 Å². The molecular weight excluding hydrogens is 373 g/mol. The van der Waals surface area contributed by atoms with Crippen LogP contribution in [0.4, 0.5) is 0 Å². The third-order valence-electron chi connectivity index (χ3n) is 2.94. The van der Waals surface area contributed by atoms with Crippen LogP contribution in [0.1, 0.15) is 12.8 Å². The second kappa shape index (κ2) is 4.54. The zero-order valence-corrected chi connectivity index (χ0v) is 13.1. The number of halogens is 6. The average Bonchev–Trinajstić information content (AvgIpc) is 2.48. The summed E-state index contributed by atoms with van der Waals surface area (Å²) in [7, 11) is 0. The van der Waals surface area contributed by atoms with Crippen molar-refractivity contribution < 1.29 is 19.7 Å². The summed E-state index contributed by atoms with van der Waals surface area (Å²) in [6.45, 7) is 0. The predicted octanol–water partition coefficient (Wildman–Crippen LogP) is 2.68. The third kappa shape index (κ3) is 2.67. The van der Waals surface area contributed by atoms with Gasteiger partial charge in [-0.05, 0) is 0 Å². The zero-order chi connectivity index (χ0) is 14.0. The van der Waals surface area contributed by atoms with Crippen LogP contribution in [0.15, 0.2) is 0 Å². The molecule has 2 aliphatic heterocycles. The number of fused-ring (bicyclic) bond motifs is 1. The molecule has 0 unspecified atom stereocenters. The van der Waals surface area contributed by atoms with E-state index in [0.29, 0.717) is 0 Å². The van der Waals surface area contributed by atoms with Gasteiger partial charge in [0.2, 0.25) is 19.2 Å². The molecule has 0 saturated carbocycles. The maximum absolute atomic E-state index is 10.2. The molecule has 2 fully saturated rings. The van der Waals surface area contributed by atoms with Crippen molar-refractivity contribution in [2.75, 3.05) is 0 Å². The minimum Gasteiger partial charge on any atom is -0.361 e. The molecule has 2 N–H and O–H groups in total. The van der Waals surface area contributed by atoms with Gasteiger partial charge in [-0.15, -0.1) is 0 Å². The van der Waals surface area contributed by atoms with E-state index in [-0.39, 0.29) is 12.8 Å². The van der Waals surface area contributed by atoms with E-state index in [2.05, 4.69) is 0 Å². The second-order valence-electron chi connectivity index (χ2n) is 4.27. The van der Waals surface area contributed by atoms with Gasteiger partial charge in [0.1, 0.15) is 12.2 Å². The Labute approximate surface area is 133 Å². The quantitative estimate of drug-likeness (QED) is 0.634. The van der Waals surface area contributed by atoms with Gasteiger partial charge < -0.3 is 19.7 Å². The number of aliphatic hydroxyl groups is 2. The molecule has 0 spiro atoms. The minimum atomic E-state index is -2.07. The topological polar surface area (TPSA) is 58.9 Å². The SMILES string of the molecule is O[C@@]12C[C@H](C(Cl)(Cl)Cl)O[C@@]1(O)C[C@@H](C(Cl)(Cl)Cl)O2. The Morgan fingerprint density at radius 2 is 1.06 bits per heavy atom. The molecule has 0 aromatic rings. The Morgan fingerprint density at radius 3 is 1.28 bits per heavy atom. The lowest BCUT2D eigenvalue weighted by atomic mass is 10.0. The molecule has 2 saturated heterocycles. The monoisotopic (exact) mass is 378 g/mol. The minimum absolute atomic E-state index is 0.253. The lowest BCUT2D eigenvalue weighted by Crippen LogP contribution is -2.46. The summed E-state index contributed by atoms with van der Waals surface area (Å²) in [6.07, 6.45) is -2.57. The Balaban J connectivity index is 2.21. The predicted molar refractivity (Wildman–Crippen MR) is 69.5 cm³/mol. The van der Waals surface area contributed by atoms with Crippen LogP contribution in [-0.2, 0) is 9.47 Å². The van der Waals surface area contributed by atoms with Gasteiger partial charge in [0.15, 0.2) is 0 Å². The maximum Gasteiger partial charge on any atom is 0.224 e. The van der Waals surface area contributed by atoms with E-state index >= 15 is 0 Å². The van der Waals surface area contributed by atoms with E-state index in [9.17, 15) is 10.2 Å². The van der Waals surface area contributed by atoms with Crippen LogP contribution in [0, 0.1) is 0 Å². The first-order chi connectivity index (χ1) is 7.87. The van der Waals surface area contributed by atoms with Crippen molar-refractivity contribution in [3.8, 4) is 0 Å². The highest BCUT2D eigenvalue weighted by Gasteiger charge is 2.70. The lowest BCUT2D eigenvalue weighted by molar-refractivity contribution is -0.308. The summed E-state index contributed by atoms with van der Waals surface area (Å²) >= 11 is 33.9. The van der Waals surface area contributed by atoms with Crippen molar-refractivity contribution in [3.63, 3.8) is 0 Å². The summed E-state index contributed by atoms with van der Waals surface area (Å²) in [4.78, 5) is 0. The van der Waals surface area contributed by atoms with E-state index in [4.69, 9.17) is 79.1 Å². The van der Waals surface area contributed by atoms with Crippen LogP contribution in [0.25, 0.3) is 0 Å². The normalized spacial score (nSPS) is 45.3. The Hall–Kier alpha value is 1.58. The second-order valence-corrected chi connectivity index (χ2v) is 9.01. The van der Waals surface area contributed by atoms with Crippen LogP contribution in [0.3, 0.4) is 0 Å². The first-order valence-electron chi connectivity index (χ1n) is 4.81. The van der Waals surface area contributed by atoms with Crippen molar-refractivity contribution in [1.82, 2.24) is 0 Å². The molecule has 0 aliphatic carbocycles. The highest BCUT2D eigenvalue weighted by molar-refractivity contribution is 6.68. The largest absolute Gasteiger partial charge is 0.361 e. The Morgan fingerprint density at radius 1 is 0.778 bits per heavy atom. The van der Waals surface area contributed by atoms with Crippen LogP contribution in [0.2, 0.25) is 0 Å². The molecule has 0 bridgehead atoms. The van der Waals surface area contributed by atoms with Crippen molar-refractivity contribution in [3.05, 3.63) is 0 Å². The van der Waals surface area contributed by atoms with Gasteiger partial charge in [0.05, 0.1) is 0 Å². The van der Waals surface area contributed by atoms with Gasteiger partial charge in [0.25, 0.3) is 0 Å². The van der Waals surface area contributed by atoms with Gasteiger partial charge in [-0.2, -0.15) is 0 Å². The van der Waals surface area contributed by atoms with Gasteiger partial charge in [0, 0.05) is 12.8 Å². The molecule has 4 atom stereocenters. The van der Waals surface area contributed by atoms with Crippen LogP contribution in [-0.4, -0.2) is 41.6 Å². The fourth-order valence-electron chi connectivity index (χ4n) is 2.02. The van der Waals surface area contributed by atoms with Crippen molar-refractivity contribution in [2.45, 2.75) is 44.2 Å². The molecule has 0 aromatic carbocycles. The first kappa shape index (κ1) is 16.0. The van der Waals surface area contributed by atoms with E-state index in [0.717, 1.165) is 0 Å². The number of hydrogen-bond acceptors (Lipinski definition) is 4. The summed E-state index contributed by atoms with van der Waals surface area (Å²) in [5.74, 6) is -4.15. The fourth-order valence-corrected chi connectivity index (χ4v) is 2.75. The summed E-state index contributed by atoms with van der Waals surface area (Å²) < 4.78 is 6.73. The summed E-state index contributed by atoms with van der Waals surface area (Å²) in [5, 5.41) is 20.4. The highest BCUT2D eigenvalue weighted by Crippen LogP contribution is 2.56. The molecule has 18 heavy (non-hydrogen) atoms. The van der Waals surface area contributed by atoms with Gasteiger partial charge in [-0.1, -0.05) is 69.6 Å². The molecule has 106 valence electrons. The smallest absolute Gasteiger partial charge is 0.224 e. The van der Waals surface area contributed by atoms with Gasteiger partial charge in [-0.3, -0.25) is 0 Å². The van der Waals surface area contributed by atoms with E-state index in [1.807, 2.05) is 0 Å². The highest BCUT2D eigenvalue weighted by atomic mass is 35.6. The van der Waals surface area contributed by atoms with Gasteiger partial charge >= 0.3 is 0 Å². The van der Waals surface area contributed by atoms with E-state index in [1.54, 1.807) is 0 Å². The first-order valence-corrected chi connectivity index (χ1v) is 7.08. The lowest BCUT2D eigenvalue weighted by Gasteiger charge is -2.27. The molecule has 0 radical (unpaired) electrons. The molecule has 0 amide bonds. The molecule has 2 rings (SSSR count). The molecule has 4 nitrogen and oxygen atoms in total. The summed E-state index contributed by atoms with van der Waals surface area (Å²) in [6, 6.07) is 0. The number of ether oxygens (including phenoxy) is 2. The van der Waals surface area contributed by atoms with Crippen molar-refractivity contribution >= 4 is 69.6 Å².